The Morgan fingerprint density at radius 1 is 0.492 bits per heavy atom. The second kappa shape index (κ2) is 22.2. The Morgan fingerprint density at radius 3 is 1.48 bits per heavy atom. The summed E-state index contributed by atoms with van der Waals surface area (Å²) in [7, 11) is 0. The van der Waals surface area contributed by atoms with Gasteiger partial charge >= 0.3 is 0 Å². The van der Waals surface area contributed by atoms with Crippen LogP contribution >= 0.6 is 0 Å². The molecule has 2 aliphatic carbocycles. The summed E-state index contributed by atoms with van der Waals surface area (Å²) in [6.45, 7) is -0.0751. The average Bonchev–Trinajstić information content (AvgIpc) is 3.28. The molecule has 0 aromatic rings. The minimum Gasteiger partial charge on any atom is -0.396 e. The van der Waals surface area contributed by atoms with E-state index in [2.05, 4.69) is 10.6 Å². The number of hydrogen-bond donors (Lipinski definition) is 20. The van der Waals surface area contributed by atoms with Crippen molar-refractivity contribution in [3.8, 4) is 0 Å². The zero-order valence-corrected chi connectivity index (χ0v) is 35.3. The summed E-state index contributed by atoms with van der Waals surface area (Å²) in [6.07, 6.45) is -38.7. The van der Waals surface area contributed by atoms with Gasteiger partial charge in [0.2, 0.25) is 0 Å². The van der Waals surface area contributed by atoms with Gasteiger partial charge in [-0.2, -0.15) is 0 Å². The van der Waals surface area contributed by atoms with Gasteiger partial charge in [0.05, 0.1) is 62.4 Å². The molecule has 1 saturated carbocycles. The fourth-order valence-electron chi connectivity index (χ4n) is 9.44. The van der Waals surface area contributed by atoms with E-state index in [-0.39, 0.29) is 12.0 Å². The molecule has 20 N–H and O–H groups in total. The first-order valence-corrected chi connectivity index (χ1v) is 21.5. The number of aliphatic hydroxyl groups is 18. The van der Waals surface area contributed by atoms with Crippen molar-refractivity contribution in [1.82, 2.24) is 10.6 Å². The van der Waals surface area contributed by atoms with E-state index in [0.29, 0.717) is 0 Å². The van der Waals surface area contributed by atoms with Crippen LogP contribution in [0.2, 0.25) is 0 Å². The van der Waals surface area contributed by atoms with Gasteiger partial charge in [0.25, 0.3) is 0 Å². The highest BCUT2D eigenvalue weighted by Gasteiger charge is 2.55. The quantitative estimate of drug-likeness (QED) is 0.0719. The minimum absolute atomic E-state index is 0.00408. The van der Waals surface area contributed by atoms with Crippen molar-refractivity contribution >= 4 is 0 Å². The van der Waals surface area contributed by atoms with E-state index < -0.39 is 204 Å². The number of nitrogens with one attached hydrogen (secondary N) is 2. The molecule has 0 unspecified atom stereocenters. The third kappa shape index (κ3) is 10.7. The van der Waals surface area contributed by atoms with Gasteiger partial charge in [-0.15, -0.1) is 0 Å². The lowest BCUT2D eigenvalue weighted by atomic mass is 9.78. The summed E-state index contributed by atoms with van der Waals surface area (Å²) in [4.78, 5) is 0. The zero-order chi connectivity index (χ0) is 47.9. The Bertz CT molecular complexity index is 1540. The van der Waals surface area contributed by atoms with Crippen LogP contribution in [0.4, 0.5) is 0 Å². The lowest BCUT2D eigenvalue weighted by Crippen LogP contribution is -2.69. The van der Waals surface area contributed by atoms with Gasteiger partial charge in [0, 0.05) is 18.6 Å². The van der Waals surface area contributed by atoms with Crippen molar-refractivity contribution in [3.63, 3.8) is 0 Å². The van der Waals surface area contributed by atoms with Crippen molar-refractivity contribution in [2.45, 2.75) is 192 Å². The van der Waals surface area contributed by atoms with Crippen LogP contribution in [0.5, 0.6) is 0 Å². The summed E-state index contributed by atoms with van der Waals surface area (Å²) >= 11 is 0. The third-order valence-electron chi connectivity index (χ3n) is 13.4. The van der Waals surface area contributed by atoms with Crippen LogP contribution < -0.4 is 10.6 Å². The van der Waals surface area contributed by atoms with E-state index in [4.69, 9.17) is 33.2 Å². The van der Waals surface area contributed by atoms with E-state index >= 15 is 0 Å². The molecule has 27 nitrogen and oxygen atoms in total. The highest BCUT2D eigenvalue weighted by atomic mass is 16.7. The van der Waals surface area contributed by atoms with Gasteiger partial charge in [0.15, 0.2) is 25.2 Å². The molecule has 0 spiro atoms. The largest absolute Gasteiger partial charge is 0.396 e. The first kappa shape index (κ1) is 53.0. The Balaban J connectivity index is 1.05. The SMILES string of the molecule is C[C@H]1O[C@H](O[C@H]2[C@H](O)[C@@H](O)[C@@H](O)O[C@@H]2CO)[C@H](O)[C@@H](O)[C@@H]1N[C@H]1C[C@H](CO)[C@@H](O[C@H]2O[C@H](CO)[C@@H](O[C@H]3O[C@H](C)[C@@H](N[C@H]4C=C(CO)[C@@H](O)[C@H](O)[C@H]4O)[C@H](O)[C@H]3O)[C@H](O)[C@H]2O)[C@H](O)[C@H]1O. The molecule has 65 heavy (non-hydrogen) atoms. The Kier molecular flexibility index (Phi) is 18.1. The molecule has 27 heteroatoms. The van der Waals surface area contributed by atoms with E-state index in [1.54, 1.807) is 0 Å². The molecular weight excluding hydrogens is 884 g/mol. The summed E-state index contributed by atoms with van der Waals surface area (Å²) in [5.41, 5.74) is -0.00408. The summed E-state index contributed by atoms with van der Waals surface area (Å²) in [5, 5.41) is 196. The third-order valence-corrected chi connectivity index (χ3v) is 13.4. The Labute approximate surface area is 371 Å². The van der Waals surface area contributed by atoms with E-state index in [9.17, 15) is 91.9 Å². The molecule has 0 aromatic carbocycles. The maximum Gasteiger partial charge on any atom is 0.187 e. The summed E-state index contributed by atoms with van der Waals surface area (Å²) in [5.74, 6) is -1.03. The van der Waals surface area contributed by atoms with Gasteiger partial charge < -0.3 is 136 Å². The molecule has 4 heterocycles. The lowest BCUT2D eigenvalue weighted by Gasteiger charge is -2.50. The van der Waals surface area contributed by atoms with E-state index in [1.807, 2.05) is 0 Å². The van der Waals surface area contributed by atoms with Gasteiger partial charge in [0.1, 0.15) is 97.7 Å². The smallest absolute Gasteiger partial charge is 0.187 e. The van der Waals surface area contributed by atoms with Crippen molar-refractivity contribution in [1.29, 1.82) is 0 Å². The second-order valence-corrected chi connectivity index (χ2v) is 17.6. The highest BCUT2D eigenvalue weighted by molar-refractivity contribution is 5.22. The van der Waals surface area contributed by atoms with Crippen LogP contribution in [0.25, 0.3) is 0 Å². The molecule has 6 rings (SSSR count). The summed E-state index contributed by atoms with van der Waals surface area (Å²) in [6, 6.07) is -4.56. The molecule has 0 amide bonds. The molecule has 0 aromatic heterocycles. The molecule has 0 radical (unpaired) electrons. The first-order valence-electron chi connectivity index (χ1n) is 21.5. The van der Waals surface area contributed by atoms with Gasteiger partial charge in [-0.05, 0) is 25.8 Å². The topological polar surface area (TPSA) is 453 Å². The van der Waals surface area contributed by atoms with Crippen molar-refractivity contribution in [2.24, 2.45) is 5.92 Å². The van der Waals surface area contributed by atoms with Crippen LogP contribution in [0.3, 0.4) is 0 Å². The van der Waals surface area contributed by atoms with Gasteiger partial charge in [-0.1, -0.05) is 6.08 Å². The number of aliphatic hydroxyl groups excluding tert-OH is 18. The predicted octanol–water partition coefficient (Wildman–Crippen LogP) is -11.7. The highest BCUT2D eigenvalue weighted by Crippen LogP contribution is 2.36. The fraction of sp³-hybridized carbons (Fsp3) is 0.947. The Morgan fingerprint density at radius 2 is 0.954 bits per heavy atom. The van der Waals surface area contributed by atoms with Crippen molar-refractivity contribution in [3.05, 3.63) is 11.6 Å². The molecule has 5 fully saturated rings. The molecule has 378 valence electrons. The standard InChI is InChI=1S/C38H66N2O25/c1-9-17(39-13-3-11(5-41)19(45)24(50)20(13)46)22(48)30(56)37(60-9)65-34-16(8-44)62-38(31(57)27(34)53)63-32-12(6-42)4-14(21(47)25(32)51)40-18-10(2)59-36(29(55)23(18)49)64-33-15(7-43)61-35(58)28(54)26(33)52/h3,9-10,12-58H,4-8H2,1-2H3/t9-,10-,12-,13+,14+,15-,16-,17-,18-,19-,20+,21+,22+,23+,24+,25-,26-,27-,28-,29-,30-,31-,32-,33-,34-,35+,36-,37-,38-/m1/s1. The van der Waals surface area contributed by atoms with Gasteiger partial charge in [-0.3, -0.25) is 0 Å². The number of hydrogen-bond acceptors (Lipinski definition) is 27. The maximum atomic E-state index is 11.3. The van der Waals surface area contributed by atoms with Crippen LogP contribution in [-0.4, -0.2) is 290 Å². The summed E-state index contributed by atoms with van der Waals surface area (Å²) < 4.78 is 39.6. The fourth-order valence-corrected chi connectivity index (χ4v) is 9.44. The van der Waals surface area contributed by atoms with Crippen LogP contribution in [0, 0.1) is 5.92 Å². The normalized spacial score (nSPS) is 53.4. The molecule has 0 bridgehead atoms. The minimum atomic E-state index is -2.00. The van der Waals surface area contributed by atoms with E-state index in [0.717, 1.165) is 0 Å². The van der Waals surface area contributed by atoms with Crippen LogP contribution in [0.1, 0.15) is 20.3 Å². The number of ether oxygens (including phenoxy) is 7. The predicted molar refractivity (Wildman–Crippen MR) is 207 cm³/mol. The van der Waals surface area contributed by atoms with Crippen LogP contribution in [0.15, 0.2) is 11.6 Å². The Hall–Kier alpha value is -1.34. The van der Waals surface area contributed by atoms with Crippen molar-refractivity contribution < 1.29 is 125 Å². The second-order valence-electron chi connectivity index (χ2n) is 17.6. The zero-order valence-electron chi connectivity index (χ0n) is 35.3. The molecule has 4 aliphatic heterocycles. The molecule has 4 saturated heterocycles. The molecular formula is C38H66N2O25. The molecule has 6 aliphatic rings. The van der Waals surface area contributed by atoms with Crippen molar-refractivity contribution in [2.75, 3.05) is 26.4 Å². The first-order chi connectivity index (χ1) is 30.7. The monoisotopic (exact) mass is 950 g/mol. The lowest BCUT2D eigenvalue weighted by molar-refractivity contribution is -0.362. The molecule has 29 atom stereocenters. The van der Waals surface area contributed by atoms with Crippen LogP contribution in [-0.2, 0) is 33.2 Å². The van der Waals surface area contributed by atoms with Gasteiger partial charge in [-0.25, -0.2) is 0 Å². The average molecular weight is 951 g/mol. The number of rotatable bonds is 14. The van der Waals surface area contributed by atoms with E-state index in [1.165, 1.54) is 19.9 Å². The maximum absolute atomic E-state index is 11.3.